The van der Waals surface area contributed by atoms with Crippen molar-refractivity contribution in [3.63, 3.8) is 0 Å². The number of carbonyl (C=O) groups is 1. The Hall–Kier alpha value is -3.26. The molecule has 28 heavy (non-hydrogen) atoms. The second-order valence-corrected chi connectivity index (χ2v) is 6.63. The molecule has 1 saturated heterocycles. The van der Waals surface area contributed by atoms with Crippen LogP contribution in [-0.4, -0.2) is 47.3 Å². The summed E-state index contributed by atoms with van der Waals surface area (Å²) in [6.07, 6.45) is 1.57. The lowest BCUT2D eigenvalue weighted by Gasteiger charge is -2.30. The summed E-state index contributed by atoms with van der Waals surface area (Å²) >= 11 is 0. The van der Waals surface area contributed by atoms with E-state index in [9.17, 15) is 4.79 Å². The fourth-order valence-corrected chi connectivity index (χ4v) is 3.09. The van der Waals surface area contributed by atoms with E-state index in [-0.39, 0.29) is 5.91 Å². The number of aryl methyl sites for hydroxylation is 2. The van der Waals surface area contributed by atoms with Gasteiger partial charge < -0.3 is 19.5 Å². The van der Waals surface area contributed by atoms with Crippen LogP contribution in [0.25, 0.3) is 11.6 Å². The Morgan fingerprint density at radius 1 is 1.14 bits per heavy atom. The van der Waals surface area contributed by atoms with E-state index in [1.54, 1.807) is 25.3 Å². The number of nitrogens with zero attached hydrogens (tertiary/aromatic N) is 4. The molecule has 3 heterocycles. The average Bonchev–Trinajstić information content (AvgIpc) is 3.16. The number of carbonyl (C=O) groups excluding carboxylic acids is 1. The van der Waals surface area contributed by atoms with Crippen LogP contribution in [0.15, 0.2) is 41.1 Å². The lowest BCUT2D eigenvalue weighted by molar-refractivity contribution is 0.102. The van der Waals surface area contributed by atoms with Crippen molar-refractivity contribution in [2.45, 2.75) is 13.8 Å². The van der Waals surface area contributed by atoms with Gasteiger partial charge in [0.2, 0.25) is 0 Å². The monoisotopic (exact) mass is 379 g/mol. The lowest BCUT2D eigenvalue weighted by atomic mass is 10.1. The van der Waals surface area contributed by atoms with Crippen molar-refractivity contribution in [2.75, 3.05) is 36.5 Å². The van der Waals surface area contributed by atoms with Crippen molar-refractivity contribution in [3.05, 3.63) is 53.5 Å². The predicted molar refractivity (Wildman–Crippen MR) is 104 cm³/mol. The third kappa shape index (κ3) is 3.86. The van der Waals surface area contributed by atoms with Crippen molar-refractivity contribution >= 4 is 17.3 Å². The number of rotatable bonds is 4. The third-order valence-corrected chi connectivity index (χ3v) is 4.59. The van der Waals surface area contributed by atoms with Gasteiger partial charge in [-0.3, -0.25) is 4.79 Å². The summed E-state index contributed by atoms with van der Waals surface area (Å²) in [6.45, 7) is 6.85. The van der Waals surface area contributed by atoms with Gasteiger partial charge in [-0.15, -0.1) is 0 Å². The van der Waals surface area contributed by atoms with Crippen LogP contribution in [-0.2, 0) is 4.74 Å². The molecule has 0 unspecified atom stereocenters. The van der Waals surface area contributed by atoms with Gasteiger partial charge >= 0.3 is 0 Å². The molecule has 8 heteroatoms. The number of nitrogens with one attached hydrogen (secondary N) is 1. The number of hydrogen-bond donors (Lipinski definition) is 1. The summed E-state index contributed by atoms with van der Waals surface area (Å²) in [5.74, 6) is 0.714. The summed E-state index contributed by atoms with van der Waals surface area (Å²) < 4.78 is 10.5. The molecule has 2 aromatic heterocycles. The largest absolute Gasteiger partial charge is 0.378 e. The summed E-state index contributed by atoms with van der Waals surface area (Å²) in [6, 6.07) is 9.23. The third-order valence-electron chi connectivity index (χ3n) is 4.59. The molecular weight excluding hydrogens is 358 g/mol. The maximum atomic E-state index is 12.7. The Bertz CT molecular complexity index is 978. The minimum absolute atomic E-state index is 0.183. The quantitative estimate of drug-likeness (QED) is 0.745. The first kappa shape index (κ1) is 18.1. The highest BCUT2D eigenvalue weighted by Gasteiger charge is 2.16. The van der Waals surface area contributed by atoms with Gasteiger partial charge in [0.05, 0.1) is 25.1 Å². The van der Waals surface area contributed by atoms with Crippen molar-refractivity contribution in [1.82, 2.24) is 15.1 Å². The molecule has 1 amide bonds. The highest BCUT2D eigenvalue weighted by Crippen LogP contribution is 2.24. The lowest BCUT2D eigenvalue weighted by Crippen LogP contribution is -2.36. The SMILES string of the molecule is Cc1noc(-c2ccc(NC(=O)c3ccc(C)c(N4CCOCC4)c3)cn2)n1. The minimum atomic E-state index is -0.183. The van der Waals surface area contributed by atoms with Crippen LogP contribution in [0.3, 0.4) is 0 Å². The standard InChI is InChI=1S/C20H21N5O3/c1-13-3-4-15(11-18(13)25-7-9-27-10-8-25)19(26)23-16-5-6-17(21-12-16)20-22-14(2)24-28-20/h3-6,11-12H,7-10H2,1-2H3,(H,23,26). The Labute approximate surface area is 162 Å². The van der Waals surface area contributed by atoms with Crippen molar-refractivity contribution in [2.24, 2.45) is 0 Å². The van der Waals surface area contributed by atoms with Crippen molar-refractivity contribution in [3.8, 4) is 11.6 Å². The maximum absolute atomic E-state index is 12.7. The fraction of sp³-hybridized carbons (Fsp3) is 0.300. The van der Waals surface area contributed by atoms with Crippen LogP contribution < -0.4 is 10.2 Å². The normalized spacial score (nSPS) is 14.1. The average molecular weight is 379 g/mol. The number of pyridine rings is 1. The molecule has 0 radical (unpaired) electrons. The van der Waals surface area contributed by atoms with Crippen LogP contribution in [0.1, 0.15) is 21.7 Å². The minimum Gasteiger partial charge on any atom is -0.378 e. The number of anilines is 2. The number of morpholine rings is 1. The van der Waals surface area contributed by atoms with E-state index in [4.69, 9.17) is 9.26 Å². The number of aromatic nitrogens is 3. The molecule has 144 valence electrons. The Kier molecular flexibility index (Phi) is 5.03. The molecule has 4 rings (SSSR count). The van der Waals surface area contributed by atoms with Gasteiger partial charge in [-0.2, -0.15) is 4.98 Å². The van der Waals surface area contributed by atoms with E-state index in [1.165, 1.54) is 0 Å². The van der Waals surface area contributed by atoms with Crippen LogP contribution in [0, 0.1) is 13.8 Å². The van der Waals surface area contributed by atoms with E-state index in [0.717, 1.165) is 24.3 Å². The van der Waals surface area contributed by atoms with Crippen LogP contribution in [0.2, 0.25) is 0 Å². The van der Waals surface area contributed by atoms with Gasteiger partial charge in [0.15, 0.2) is 5.82 Å². The smallest absolute Gasteiger partial charge is 0.276 e. The summed E-state index contributed by atoms with van der Waals surface area (Å²) in [5.41, 5.74) is 3.96. The summed E-state index contributed by atoms with van der Waals surface area (Å²) in [5, 5.41) is 6.63. The van der Waals surface area contributed by atoms with Crippen molar-refractivity contribution < 1.29 is 14.1 Å². The van der Waals surface area contributed by atoms with Gasteiger partial charge in [-0.1, -0.05) is 11.2 Å². The molecule has 0 bridgehead atoms. The first-order chi connectivity index (χ1) is 13.6. The fourth-order valence-electron chi connectivity index (χ4n) is 3.09. The second kappa shape index (κ2) is 7.77. The highest BCUT2D eigenvalue weighted by atomic mass is 16.5. The van der Waals surface area contributed by atoms with Gasteiger partial charge in [-0.05, 0) is 43.7 Å². The molecule has 1 aliphatic rings. The van der Waals surface area contributed by atoms with Crippen molar-refractivity contribution in [1.29, 1.82) is 0 Å². The van der Waals surface area contributed by atoms with Crippen LogP contribution in [0.4, 0.5) is 11.4 Å². The first-order valence-electron chi connectivity index (χ1n) is 9.11. The first-order valence-corrected chi connectivity index (χ1v) is 9.11. The van der Waals surface area contributed by atoms with E-state index in [1.807, 2.05) is 25.1 Å². The Balaban J connectivity index is 1.49. The van der Waals surface area contributed by atoms with E-state index < -0.39 is 0 Å². The van der Waals surface area contributed by atoms with Gasteiger partial charge in [0, 0.05) is 24.3 Å². The molecule has 1 N–H and O–H groups in total. The molecule has 0 atom stereocenters. The number of ether oxygens (including phenoxy) is 1. The highest BCUT2D eigenvalue weighted by molar-refractivity contribution is 6.04. The zero-order valence-electron chi connectivity index (χ0n) is 15.8. The van der Waals surface area contributed by atoms with Crippen LogP contribution >= 0.6 is 0 Å². The zero-order valence-corrected chi connectivity index (χ0v) is 15.8. The Morgan fingerprint density at radius 3 is 2.64 bits per heavy atom. The number of hydrogen-bond acceptors (Lipinski definition) is 7. The molecule has 0 spiro atoms. The van der Waals surface area contributed by atoms with Gasteiger partial charge in [-0.25, -0.2) is 4.98 Å². The molecule has 0 saturated carbocycles. The van der Waals surface area contributed by atoms with Gasteiger partial charge in [0.25, 0.3) is 11.8 Å². The maximum Gasteiger partial charge on any atom is 0.276 e. The van der Waals surface area contributed by atoms with Crippen LogP contribution in [0.5, 0.6) is 0 Å². The molecule has 8 nitrogen and oxygen atoms in total. The zero-order chi connectivity index (χ0) is 19.5. The molecule has 1 aliphatic heterocycles. The molecule has 1 aromatic carbocycles. The van der Waals surface area contributed by atoms with E-state index in [2.05, 4.69) is 25.3 Å². The molecule has 1 fully saturated rings. The molecule has 3 aromatic rings. The summed E-state index contributed by atoms with van der Waals surface area (Å²) in [7, 11) is 0. The van der Waals surface area contributed by atoms with E-state index in [0.29, 0.717) is 41.9 Å². The number of amides is 1. The summed E-state index contributed by atoms with van der Waals surface area (Å²) in [4.78, 5) is 23.4. The molecular formula is C20H21N5O3. The predicted octanol–water partition coefficient (Wildman–Crippen LogP) is 2.84. The van der Waals surface area contributed by atoms with Gasteiger partial charge in [0.1, 0.15) is 5.69 Å². The topological polar surface area (TPSA) is 93.4 Å². The Morgan fingerprint density at radius 2 is 1.96 bits per heavy atom. The second-order valence-electron chi connectivity index (χ2n) is 6.63. The van der Waals surface area contributed by atoms with E-state index >= 15 is 0 Å². The molecule has 0 aliphatic carbocycles. The number of benzene rings is 1.